The third kappa shape index (κ3) is 5.45. The normalized spacial score (nSPS) is 13.1. The van der Waals surface area contributed by atoms with Gasteiger partial charge < -0.3 is 10.1 Å². The number of hydrogen-bond donors (Lipinski definition) is 1. The molecule has 0 spiro atoms. The molecule has 0 aromatic carbocycles. The summed E-state index contributed by atoms with van der Waals surface area (Å²) in [6.07, 6.45) is 0. The smallest absolute Gasteiger partial charge is 0.134 e. The molecule has 1 atom stereocenters. The molecule has 108 valence electrons. The van der Waals surface area contributed by atoms with E-state index in [9.17, 15) is 0 Å². The Morgan fingerprint density at radius 3 is 2.47 bits per heavy atom. The molecule has 1 aromatic rings. The van der Waals surface area contributed by atoms with Crippen molar-refractivity contribution in [2.75, 3.05) is 18.5 Å². The average molecular weight is 330 g/mol. The molecule has 1 N–H and O–H groups in total. The molecule has 1 heterocycles. The molecule has 0 amide bonds. The fourth-order valence-electron chi connectivity index (χ4n) is 1.60. The topological polar surface area (TPSA) is 47.0 Å². The molecule has 0 aliphatic rings. The summed E-state index contributed by atoms with van der Waals surface area (Å²) < 4.78 is 6.33. The van der Waals surface area contributed by atoms with Crippen molar-refractivity contribution >= 4 is 21.7 Å². The molecule has 4 nitrogen and oxygen atoms in total. The Bertz CT molecular complexity index is 396. The summed E-state index contributed by atoms with van der Waals surface area (Å²) in [6, 6.07) is 2.16. The van der Waals surface area contributed by atoms with Crippen LogP contribution in [0.5, 0.6) is 0 Å². The van der Waals surface area contributed by atoms with Crippen LogP contribution in [0.4, 0.5) is 5.82 Å². The minimum atomic E-state index is 0.252. The third-order valence-electron chi connectivity index (χ3n) is 2.87. The highest BCUT2D eigenvalue weighted by atomic mass is 79.9. The summed E-state index contributed by atoms with van der Waals surface area (Å²) >= 11 is 3.44. The molecule has 0 aliphatic carbocycles. The summed E-state index contributed by atoms with van der Waals surface area (Å²) in [6.45, 7) is 12.0. The second kappa shape index (κ2) is 7.80. The van der Waals surface area contributed by atoms with Gasteiger partial charge in [-0.15, -0.1) is 0 Å². The first kappa shape index (κ1) is 16.4. The second-order valence-electron chi connectivity index (χ2n) is 5.24. The Kier molecular flexibility index (Phi) is 6.72. The highest BCUT2D eigenvalue weighted by Crippen LogP contribution is 2.19. The zero-order valence-electron chi connectivity index (χ0n) is 12.4. The van der Waals surface area contributed by atoms with Crippen molar-refractivity contribution in [3.05, 3.63) is 16.5 Å². The van der Waals surface area contributed by atoms with E-state index in [1.54, 1.807) is 0 Å². The minimum Gasteiger partial charge on any atom is -0.380 e. The van der Waals surface area contributed by atoms with Gasteiger partial charge in [-0.05, 0) is 28.8 Å². The lowest BCUT2D eigenvalue weighted by atomic mass is 10.1. The molecule has 0 saturated carbocycles. The van der Waals surface area contributed by atoms with Crippen molar-refractivity contribution in [2.45, 2.75) is 46.6 Å². The van der Waals surface area contributed by atoms with Crippen LogP contribution >= 0.6 is 15.9 Å². The molecule has 5 heteroatoms. The molecule has 19 heavy (non-hydrogen) atoms. The standard InChI is InChI=1S/C14H24BrN3O/c1-6-19-8-11(9(2)3)16-13-7-12(15)17-14(18-13)10(4)5/h7,9-11H,6,8H2,1-5H3,(H,16,17,18). The lowest BCUT2D eigenvalue weighted by Crippen LogP contribution is -2.31. The Morgan fingerprint density at radius 2 is 1.95 bits per heavy atom. The summed E-state index contributed by atoms with van der Waals surface area (Å²) in [5, 5.41) is 3.44. The zero-order chi connectivity index (χ0) is 14.4. The van der Waals surface area contributed by atoms with Crippen LogP contribution in [0, 0.1) is 5.92 Å². The highest BCUT2D eigenvalue weighted by Gasteiger charge is 2.15. The van der Waals surface area contributed by atoms with Crippen LogP contribution in [0.2, 0.25) is 0 Å². The van der Waals surface area contributed by atoms with Gasteiger partial charge in [-0.2, -0.15) is 0 Å². The van der Waals surface area contributed by atoms with E-state index in [1.165, 1.54) is 0 Å². The summed E-state index contributed by atoms with van der Waals surface area (Å²) in [5.41, 5.74) is 0. The largest absolute Gasteiger partial charge is 0.380 e. The predicted octanol–water partition coefficient (Wildman–Crippen LogP) is 3.84. The van der Waals surface area contributed by atoms with Gasteiger partial charge in [0.05, 0.1) is 12.6 Å². The average Bonchev–Trinajstić information content (AvgIpc) is 2.33. The van der Waals surface area contributed by atoms with Gasteiger partial charge in [-0.3, -0.25) is 0 Å². The van der Waals surface area contributed by atoms with E-state index in [0.717, 1.165) is 22.9 Å². The van der Waals surface area contributed by atoms with Gasteiger partial charge in [-0.1, -0.05) is 27.7 Å². The molecule has 1 aromatic heterocycles. The van der Waals surface area contributed by atoms with Crippen molar-refractivity contribution < 1.29 is 4.74 Å². The monoisotopic (exact) mass is 329 g/mol. The molecular weight excluding hydrogens is 306 g/mol. The molecule has 1 unspecified atom stereocenters. The van der Waals surface area contributed by atoms with E-state index >= 15 is 0 Å². The number of nitrogens with zero attached hydrogens (tertiary/aromatic N) is 2. The summed E-state index contributed by atoms with van der Waals surface area (Å²) in [5.74, 6) is 2.48. The van der Waals surface area contributed by atoms with Crippen LogP contribution in [0.3, 0.4) is 0 Å². The highest BCUT2D eigenvalue weighted by molar-refractivity contribution is 9.10. The third-order valence-corrected chi connectivity index (χ3v) is 3.27. The quantitative estimate of drug-likeness (QED) is 0.772. The van der Waals surface area contributed by atoms with Gasteiger partial charge in [0.2, 0.25) is 0 Å². The van der Waals surface area contributed by atoms with Crippen LogP contribution in [0.15, 0.2) is 10.7 Å². The van der Waals surface area contributed by atoms with Crippen molar-refractivity contribution in [2.24, 2.45) is 5.92 Å². The first-order valence-corrected chi connectivity index (χ1v) is 7.62. The van der Waals surface area contributed by atoms with Crippen LogP contribution in [-0.4, -0.2) is 29.2 Å². The maximum absolute atomic E-state index is 5.52. The number of rotatable bonds is 7. The number of hydrogen-bond acceptors (Lipinski definition) is 4. The van der Waals surface area contributed by atoms with Gasteiger partial charge in [0.15, 0.2) is 0 Å². The first-order valence-electron chi connectivity index (χ1n) is 6.82. The first-order chi connectivity index (χ1) is 8.93. The molecule has 0 radical (unpaired) electrons. The lowest BCUT2D eigenvalue weighted by Gasteiger charge is -2.23. The summed E-state index contributed by atoms with van der Waals surface area (Å²) in [4.78, 5) is 8.94. The lowest BCUT2D eigenvalue weighted by molar-refractivity contribution is 0.126. The zero-order valence-corrected chi connectivity index (χ0v) is 14.0. The molecule has 0 bridgehead atoms. The van der Waals surface area contributed by atoms with E-state index in [4.69, 9.17) is 4.74 Å². The minimum absolute atomic E-state index is 0.252. The van der Waals surface area contributed by atoms with E-state index in [0.29, 0.717) is 18.4 Å². The molecule has 0 aliphatic heterocycles. The SMILES string of the molecule is CCOCC(Nc1cc(Br)nc(C(C)C)n1)C(C)C. The van der Waals surface area contributed by atoms with Crippen LogP contribution in [0.1, 0.15) is 46.4 Å². The number of ether oxygens (including phenoxy) is 1. The van der Waals surface area contributed by atoms with Gasteiger partial charge >= 0.3 is 0 Å². The van der Waals surface area contributed by atoms with Gasteiger partial charge in [-0.25, -0.2) is 9.97 Å². The number of nitrogens with one attached hydrogen (secondary N) is 1. The number of aromatic nitrogens is 2. The maximum Gasteiger partial charge on any atom is 0.134 e. The van der Waals surface area contributed by atoms with Gasteiger partial charge in [0, 0.05) is 18.6 Å². The fraction of sp³-hybridized carbons (Fsp3) is 0.714. The van der Waals surface area contributed by atoms with E-state index in [1.807, 2.05) is 13.0 Å². The fourth-order valence-corrected chi connectivity index (χ4v) is 2.00. The Balaban J connectivity index is 2.83. The van der Waals surface area contributed by atoms with Gasteiger partial charge in [0.1, 0.15) is 16.2 Å². The molecular formula is C14H24BrN3O. The van der Waals surface area contributed by atoms with Crippen LogP contribution < -0.4 is 5.32 Å². The van der Waals surface area contributed by atoms with Crippen molar-refractivity contribution in [3.8, 4) is 0 Å². The second-order valence-corrected chi connectivity index (χ2v) is 6.06. The van der Waals surface area contributed by atoms with Crippen molar-refractivity contribution in [1.29, 1.82) is 0 Å². The van der Waals surface area contributed by atoms with E-state index in [-0.39, 0.29) is 6.04 Å². The van der Waals surface area contributed by atoms with Crippen LogP contribution in [0.25, 0.3) is 0 Å². The van der Waals surface area contributed by atoms with Crippen molar-refractivity contribution in [3.63, 3.8) is 0 Å². The predicted molar refractivity (Wildman–Crippen MR) is 82.6 cm³/mol. The Morgan fingerprint density at radius 1 is 1.26 bits per heavy atom. The van der Waals surface area contributed by atoms with Gasteiger partial charge in [0.25, 0.3) is 0 Å². The van der Waals surface area contributed by atoms with Crippen LogP contribution in [-0.2, 0) is 4.74 Å². The number of halogens is 1. The van der Waals surface area contributed by atoms with E-state index < -0.39 is 0 Å². The molecule has 1 rings (SSSR count). The van der Waals surface area contributed by atoms with E-state index in [2.05, 4.69) is 58.9 Å². The van der Waals surface area contributed by atoms with Crippen molar-refractivity contribution in [1.82, 2.24) is 9.97 Å². The molecule has 0 saturated heterocycles. The Labute approximate surface area is 124 Å². The molecule has 0 fully saturated rings. The maximum atomic E-state index is 5.52. The summed E-state index contributed by atoms with van der Waals surface area (Å²) in [7, 11) is 0. The Hall–Kier alpha value is -0.680. The number of anilines is 1.